The van der Waals surface area contributed by atoms with E-state index in [9.17, 15) is 4.21 Å². The molecule has 0 heterocycles. The zero-order valence-electron chi connectivity index (χ0n) is 7.38. The van der Waals surface area contributed by atoms with Crippen molar-refractivity contribution in [3.63, 3.8) is 0 Å². The Kier molecular flexibility index (Phi) is 4.54. The van der Waals surface area contributed by atoms with Crippen LogP contribution in [0.1, 0.15) is 32.6 Å². The molecule has 0 aromatic heterocycles. The van der Waals surface area contributed by atoms with E-state index in [0.29, 0.717) is 5.75 Å². The first-order valence-electron chi connectivity index (χ1n) is 4.52. The molecule has 1 N–H and O–H groups in total. The normalized spacial score (nSPS) is 33.2. The third kappa shape index (κ3) is 3.04. The monoisotopic (exact) mass is 209 g/mol. The summed E-state index contributed by atoms with van der Waals surface area (Å²) in [6.45, 7) is 1.91. The summed E-state index contributed by atoms with van der Waals surface area (Å²) < 4.78 is 14.2. The third-order valence-electron chi connectivity index (χ3n) is 2.23. The molecule has 0 aromatic carbocycles. The average Bonchev–Trinajstić information content (AvgIpc) is 2.09. The maximum atomic E-state index is 11.2. The minimum atomic E-state index is -0.880. The van der Waals surface area contributed by atoms with Gasteiger partial charge in [0.1, 0.15) is 0 Å². The first kappa shape index (κ1) is 10.5. The third-order valence-corrected chi connectivity index (χ3v) is 3.84. The largest absolute Gasteiger partial charge is 0.243 e. The van der Waals surface area contributed by atoms with Gasteiger partial charge in [-0.1, -0.05) is 19.8 Å². The average molecular weight is 210 g/mol. The standard InChI is InChI=1S/C8H16ClNOS/c1-2-12(11)10-8-6-4-3-5-7(8)9/h7-8,10H,2-6H2,1H3. The van der Waals surface area contributed by atoms with Crippen molar-refractivity contribution in [1.82, 2.24) is 4.72 Å². The molecular weight excluding hydrogens is 194 g/mol. The van der Waals surface area contributed by atoms with Crippen molar-refractivity contribution in [2.24, 2.45) is 0 Å². The van der Waals surface area contributed by atoms with Gasteiger partial charge in [-0.25, -0.2) is 8.93 Å². The van der Waals surface area contributed by atoms with Gasteiger partial charge in [0.2, 0.25) is 0 Å². The van der Waals surface area contributed by atoms with Crippen molar-refractivity contribution < 1.29 is 4.21 Å². The molecule has 1 aliphatic rings. The molecule has 1 fully saturated rings. The van der Waals surface area contributed by atoms with E-state index >= 15 is 0 Å². The predicted molar refractivity (Wildman–Crippen MR) is 53.7 cm³/mol. The van der Waals surface area contributed by atoms with E-state index in [1.807, 2.05) is 6.92 Å². The molecule has 0 amide bonds. The van der Waals surface area contributed by atoms with Crippen LogP contribution in [0.4, 0.5) is 0 Å². The van der Waals surface area contributed by atoms with Crippen molar-refractivity contribution in [1.29, 1.82) is 0 Å². The van der Waals surface area contributed by atoms with Gasteiger partial charge in [-0.2, -0.15) is 0 Å². The molecule has 0 saturated heterocycles. The molecule has 0 bridgehead atoms. The number of alkyl halides is 1. The Labute approximate surface area is 81.7 Å². The Balaban J connectivity index is 2.33. The van der Waals surface area contributed by atoms with E-state index in [1.165, 1.54) is 12.8 Å². The van der Waals surface area contributed by atoms with Crippen LogP contribution in [-0.2, 0) is 11.0 Å². The lowest BCUT2D eigenvalue weighted by molar-refractivity contribution is 0.426. The highest BCUT2D eigenvalue weighted by atomic mass is 35.5. The van der Waals surface area contributed by atoms with E-state index < -0.39 is 11.0 Å². The quantitative estimate of drug-likeness (QED) is 0.706. The number of halogens is 1. The minimum Gasteiger partial charge on any atom is -0.243 e. The van der Waals surface area contributed by atoms with E-state index in [2.05, 4.69) is 4.72 Å². The summed E-state index contributed by atoms with van der Waals surface area (Å²) in [5.41, 5.74) is 0. The van der Waals surface area contributed by atoms with Crippen molar-refractivity contribution in [2.75, 3.05) is 5.75 Å². The number of nitrogens with one attached hydrogen (secondary N) is 1. The Morgan fingerprint density at radius 3 is 2.75 bits per heavy atom. The van der Waals surface area contributed by atoms with Gasteiger partial charge in [-0.3, -0.25) is 0 Å². The van der Waals surface area contributed by atoms with Crippen molar-refractivity contribution in [3.05, 3.63) is 0 Å². The minimum absolute atomic E-state index is 0.175. The van der Waals surface area contributed by atoms with Crippen LogP contribution in [-0.4, -0.2) is 21.4 Å². The van der Waals surface area contributed by atoms with Crippen molar-refractivity contribution in [3.8, 4) is 0 Å². The molecular formula is C8H16ClNOS. The number of hydrogen-bond acceptors (Lipinski definition) is 1. The van der Waals surface area contributed by atoms with E-state index in [-0.39, 0.29) is 11.4 Å². The van der Waals surface area contributed by atoms with Crippen LogP contribution in [0.3, 0.4) is 0 Å². The van der Waals surface area contributed by atoms with E-state index in [0.717, 1.165) is 12.8 Å². The zero-order chi connectivity index (χ0) is 8.97. The summed E-state index contributed by atoms with van der Waals surface area (Å²) >= 11 is 6.09. The first-order chi connectivity index (χ1) is 5.74. The van der Waals surface area contributed by atoms with Gasteiger partial charge in [0.15, 0.2) is 0 Å². The van der Waals surface area contributed by atoms with Crippen LogP contribution < -0.4 is 4.72 Å². The lowest BCUT2D eigenvalue weighted by atomic mass is 9.96. The Morgan fingerprint density at radius 2 is 2.17 bits per heavy atom. The SMILES string of the molecule is CCS(=O)NC1CCCCC1Cl. The molecule has 3 atom stereocenters. The van der Waals surface area contributed by atoms with Crippen LogP contribution in [0.5, 0.6) is 0 Å². The van der Waals surface area contributed by atoms with Gasteiger partial charge >= 0.3 is 0 Å². The molecule has 4 heteroatoms. The van der Waals surface area contributed by atoms with Crippen LogP contribution in [0.25, 0.3) is 0 Å². The maximum absolute atomic E-state index is 11.2. The van der Waals surface area contributed by atoms with Gasteiger partial charge in [-0.15, -0.1) is 11.6 Å². The highest BCUT2D eigenvalue weighted by molar-refractivity contribution is 7.83. The molecule has 2 nitrogen and oxygen atoms in total. The smallest absolute Gasteiger partial charge is 0.0915 e. The molecule has 12 heavy (non-hydrogen) atoms. The molecule has 1 rings (SSSR count). The number of rotatable bonds is 3. The molecule has 1 saturated carbocycles. The Bertz CT molecular complexity index is 165. The second-order valence-corrected chi connectivity index (χ2v) is 5.22. The van der Waals surface area contributed by atoms with Crippen LogP contribution in [0.15, 0.2) is 0 Å². The fourth-order valence-corrected chi connectivity index (χ4v) is 2.67. The summed E-state index contributed by atoms with van der Waals surface area (Å²) in [5.74, 6) is 0.667. The number of hydrogen-bond donors (Lipinski definition) is 1. The lowest BCUT2D eigenvalue weighted by Crippen LogP contribution is -2.40. The molecule has 0 aliphatic heterocycles. The summed E-state index contributed by atoms with van der Waals surface area (Å²) in [5, 5.41) is 0.175. The van der Waals surface area contributed by atoms with Gasteiger partial charge in [0.05, 0.1) is 11.0 Å². The molecule has 3 unspecified atom stereocenters. The molecule has 72 valence electrons. The van der Waals surface area contributed by atoms with Crippen LogP contribution >= 0.6 is 11.6 Å². The zero-order valence-corrected chi connectivity index (χ0v) is 8.96. The van der Waals surface area contributed by atoms with Crippen LogP contribution in [0, 0.1) is 0 Å². The van der Waals surface area contributed by atoms with E-state index in [1.54, 1.807) is 0 Å². The van der Waals surface area contributed by atoms with Crippen molar-refractivity contribution >= 4 is 22.6 Å². The predicted octanol–water partition coefficient (Wildman–Crippen LogP) is 1.81. The summed E-state index contributed by atoms with van der Waals surface area (Å²) in [7, 11) is -0.880. The van der Waals surface area contributed by atoms with Gasteiger partial charge in [0.25, 0.3) is 0 Å². The highest BCUT2D eigenvalue weighted by Gasteiger charge is 2.23. The summed E-state index contributed by atoms with van der Waals surface area (Å²) in [6, 6.07) is 0.265. The summed E-state index contributed by atoms with van der Waals surface area (Å²) in [4.78, 5) is 0. The molecule has 0 radical (unpaired) electrons. The summed E-state index contributed by atoms with van der Waals surface area (Å²) in [6.07, 6.45) is 4.55. The Morgan fingerprint density at radius 1 is 1.50 bits per heavy atom. The maximum Gasteiger partial charge on any atom is 0.0915 e. The molecule has 0 spiro atoms. The second kappa shape index (κ2) is 5.20. The molecule has 1 aliphatic carbocycles. The second-order valence-electron chi connectivity index (χ2n) is 3.16. The van der Waals surface area contributed by atoms with Gasteiger partial charge in [-0.05, 0) is 12.8 Å². The fourth-order valence-electron chi connectivity index (χ4n) is 1.47. The van der Waals surface area contributed by atoms with E-state index in [4.69, 9.17) is 11.6 Å². The Hall–Kier alpha value is 0.400. The lowest BCUT2D eigenvalue weighted by Gasteiger charge is -2.27. The fraction of sp³-hybridized carbons (Fsp3) is 1.00. The highest BCUT2D eigenvalue weighted by Crippen LogP contribution is 2.23. The van der Waals surface area contributed by atoms with Crippen LogP contribution in [0.2, 0.25) is 0 Å². The topological polar surface area (TPSA) is 29.1 Å². The first-order valence-corrected chi connectivity index (χ1v) is 6.28. The molecule has 0 aromatic rings. The van der Waals surface area contributed by atoms with Crippen molar-refractivity contribution in [2.45, 2.75) is 44.0 Å². The van der Waals surface area contributed by atoms with Gasteiger partial charge < -0.3 is 0 Å². The van der Waals surface area contributed by atoms with Gasteiger partial charge in [0, 0.05) is 17.2 Å².